The van der Waals surface area contributed by atoms with Gasteiger partial charge in [-0.1, -0.05) is 44.2 Å². The van der Waals surface area contributed by atoms with Crippen LogP contribution >= 0.6 is 0 Å². The van der Waals surface area contributed by atoms with Gasteiger partial charge >= 0.3 is 0 Å². The lowest BCUT2D eigenvalue weighted by molar-refractivity contribution is 0.575. The predicted octanol–water partition coefficient (Wildman–Crippen LogP) is 3.02. The molecule has 0 aliphatic rings. The Balaban J connectivity index is 2.31. The van der Waals surface area contributed by atoms with E-state index in [4.69, 9.17) is 5.84 Å². The predicted molar refractivity (Wildman–Crippen MR) is 78.4 cm³/mol. The van der Waals surface area contributed by atoms with E-state index in [1.54, 1.807) is 0 Å². The van der Waals surface area contributed by atoms with Crippen molar-refractivity contribution in [3.63, 3.8) is 0 Å². The summed E-state index contributed by atoms with van der Waals surface area (Å²) < 4.78 is 0. The van der Waals surface area contributed by atoms with Gasteiger partial charge < -0.3 is 5.43 Å². The first kappa shape index (κ1) is 13.5. The molecule has 0 fully saturated rings. The van der Waals surface area contributed by atoms with Crippen molar-refractivity contribution in [2.75, 3.05) is 5.43 Å². The van der Waals surface area contributed by atoms with Crippen LogP contribution in [0.4, 0.5) is 5.82 Å². The highest BCUT2D eigenvalue weighted by atomic mass is 15.3. The Hall–Kier alpha value is -1.94. The minimum Gasteiger partial charge on any atom is -0.308 e. The second-order valence-electron chi connectivity index (χ2n) is 5.00. The molecule has 1 heterocycles. The van der Waals surface area contributed by atoms with Crippen molar-refractivity contribution in [1.29, 1.82) is 0 Å². The van der Waals surface area contributed by atoms with Gasteiger partial charge in [-0.15, -0.1) is 0 Å². The van der Waals surface area contributed by atoms with E-state index < -0.39 is 0 Å². The lowest BCUT2D eigenvalue weighted by Gasteiger charge is -2.09. The molecule has 0 spiro atoms. The van der Waals surface area contributed by atoms with E-state index in [0.29, 0.717) is 11.7 Å². The minimum absolute atomic E-state index is 0.637. The number of nitrogen functional groups attached to an aromatic ring is 1. The number of rotatable bonds is 5. The summed E-state index contributed by atoms with van der Waals surface area (Å²) in [6.07, 6.45) is 1.94. The summed E-state index contributed by atoms with van der Waals surface area (Å²) in [6, 6.07) is 11.9. The number of nitrogens with zero attached hydrogens (tertiary/aromatic N) is 2. The summed E-state index contributed by atoms with van der Waals surface area (Å²) in [7, 11) is 0. The van der Waals surface area contributed by atoms with Crippen LogP contribution in [-0.2, 0) is 6.42 Å². The quantitative estimate of drug-likeness (QED) is 0.637. The van der Waals surface area contributed by atoms with Crippen molar-refractivity contribution in [3.8, 4) is 11.3 Å². The highest BCUT2D eigenvalue weighted by Gasteiger charge is 2.06. The number of hydrogen-bond donors (Lipinski definition) is 2. The molecule has 3 N–H and O–H groups in total. The summed E-state index contributed by atoms with van der Waals surface area (Å²) in [6.45, 7) is 4.40. The fraction of sp³-hybridized carbons (Fsp3) is 0.333. The highest BCUT2D eigenvalue weighted by Crippen LogP contribution is 2.20. The third-order valence-electron chi connectivity index (χ3n) is 2.94. The molecule has 100 valence electrons. The highest BCUT2D eigenvalue weighted by molar-refractivity contribution is 5.62. The molecular formula is C15H20N4. The van der Waals surface area contributed by atoms with Gasteiger partial charge in [0.05, 0.1) is 5.69 Å². The Labute approximate surface area is 114 Å². The van der Waals surface area contributed by atoms with Crippen LogP contribution in [0, 0.1) is 5.92 Å². The number of aryl methyl sites for hydroxylation is 1. The Bertz CT molecular complexity index is 523. The molecule has 0 atom stereocenters. The van der Waals surface area contributed by atoms with Crippen molar-refractivity contribution in [3.05, 3.63) is 42.2 Å². The van der Waals surface area contributed by atoms with Crippen LogP contribution in [-0.4, -0.2) is 9.97 Å². The molecule has 0 saturated carbocycles. The van der Waals surface area contributed by atoms with Gasteiger partial charge in [-0.25, -0.2) is 15.8 Å². The summed E-state index contributed by atoms with van der Waals surface area (Å²) >= 11 is 0. The average Bonchev–Trinajstić information content (AvgIpc) is 2.45. The zero-order valence-electron chi connectivity index (χ0n) is 11.4. The molecule has 0 aliphatic carbocycles. The van der Waals surface area contributed by atoms with E-state index in [1.165, 1.54) is 0 Å². The summed E-state index contributed by atoms with van der Waals surface area (Å²) in [5, 5.41) is 0. The van der Waals surface area contributed by atoms with E-state index in [2.05, 4.69) is 29.2 Å². The van der Waals surface area contributed by atoms with Crippen LogP contribution in [0.5, 0.6) is 0 Å². The van der Waals surface area contributed by atoms with E-state index in [0.717, 1.165) is 29.9 Å². The molecule has 2 rings (SSSR count). The largest absolute Gasteiger partial charge is 0.308 e. The lowest BCUT2D eigenvalue weighted by atomic mass is 10.1. The summed E-state index contributed by atoms with van der Waals surface area (Å²) in [5.41, 5.74) is 4.60. The maximum Gasteiger partial charge on any atom is 0.144 e. The van der Waals surface area contributed by atoms with Crippen LogP contribution in [0.1, 0.15) is 26.1 Å². The standard InChI is InChI=1S/C15H20N4/c1-11(2)8-9-14-17-13(10-15(18-14)19-16)12-6-4-3-5-7-12/h3-7,10-11H,8-9,16H2,1-2H3,(H,17,18,19). The third kappa shape index (κ3) is 3.76. The van der Waals surface area contributed by atoms with Crippen LogP contribution in [0.25, 0.3) is 11.3 Å². The van der Waals surface area contributed by atoms with E-state index in [9.17, 15) is 0 Å². The number of hydrazine groups is 1. The van der Waals surface area contributed by atoms with Crippen molar-refractivity contribution >= 4 is 5.82 Å². The number of nitrogens with one attached hydrogen (secondary N) is 1. The normalized spacial score (nSPS) is 10.7. The first-order chi connectivity index (χ1) is 9.19. The average molecular weight is 256 g/mol. The molecule has 0 unspecified atom stereocenters. The minimum atomic E-state index is 0.637. The maximum atomic E-state index is 5.48. The molecule has 0 radical (unpaired) electrons. The van der Waals surface area contributed by atoms with Gasteiger partial charge in [0.15, 0.2) is 0 Å². The Morgan fingerprint density at radius 2 is 1.89 bits per heavy atom. The molecule has 19 heavy (non-hydrogen) atoms. The lowest BCUT2D eigenvalue weighted by Crippen LogP contribution is -2.11. The van der Waals surface area contributed by atoms with Crippen LogP contribution in [0.3, 0.4) is 0 Å². The van der Waals surface area contributed by atoms with Crippen molar-refractivity contribution in [2.24, 2.45) is 11.8 Å². The van der Waals surface area contributed by atoms with Gasteiger partial charge in [-0.3, -0.25) is 0 Å². The Morgan fingerprint density at radius 1 is 1.16 bits per heavy atom. The van der Waals surface area contributed by atoms with Crippen LogP contribution in [0.2, 0.25) is 0 Å². The van der Waals surface area contributed by atoms with Crippen LogP contribution < -0.4 is 11.3 Å². The molecule has 4 nitrogen and oxygen atoms in total. The number of nitrogens with two attached hydrogens (primary N) is 1. The number of hydrogen-bond acceptors (Lipinski definition) is 4. The van der Waals surface area contributed by atoms with Crippen molar-refractivity contribution < 1.29 is 0 Å². The fourth-order valence-corrected chi connectivity index (χ4v) is 1.86. The monoisotopic (exact) mass is 256 g/mol. The topological polar surface area (TPSA) is 63.8 Å². The molecular weight excluding hydrogens is 236 g/mol. The van der Waals surface area contributed by atoms with Gasteiger partial charge in [-0.05, 0) is 12.3 Å². The SMILES string of the molecule is CC(C)CCc1nc(NN)cc(-c2ccccc2)n1. The second kappa shape index (κ2) is 6.29. The molecule has 1 aromatic heterocycles. The number of anilines is 1. The zero-order valence-corrected chi connectivity index (χ0v) is 11.4. The molecule has 0 amide bonds. The fourth-order valence-electron chi connectivity index (χ4n) is 1.86. The molecule has 1 aromatic carbocycles. The molecule has 0 bridgehead atoms. The van der Waals surface area contributed by atoms with Gasteiger partial charge in [0, 0.05) is 18.1 Å². The third-order valence-corrected chi connectivity index (χ3v) is 2.94. The van der Waals surface area contributed by atoms with Crippen molar-refractivity contribution in [2.45, 2.75) is 26.7 Å². The molecule has 0 aliphatic heterocycles. The molecule has 4 heteroatoms. The van der Waals surface area contributed by atoms with Gasteiger partial charge in [0.2, 0.25) is 0 Å². The number of aromatic nitrogens is 2. The maximum absolute atomic E-state index is 5.48. The van der Waals surface area contributed by atoms with Gasteiger partial charge in [0.25, 0.3) is 0 Å². The van der Waals surface area contributed by atoms with E-state index in [1.807, 2.05) is 36.4 Å². The first-order valence-corrected chi connectivity index (χ1v) is 6.59. The molecule has 2 aromatic rings. The van der Waals surface area contributed by atoms with Crippen molar-refractivity contribution in [1.82, 2.24) is 9.97 Å². The summed E-state index contributed by atoms with van der Waals surface area (Å²) in [5.74, 6) is 7.61. The van der Waals surface area contributed by atoms with Gasteiger partial charge in [-0.2, -0.15) is 0 Å². The Morgan fingerprint density at radius 3 is 2.53 bits per heavy atom. The van der Waals surface area contributed by atoms with Crippen LogP contribution in [0.15, 0.2) is 36.4 Å². The summed E-state index contributed by atoms with van der Waals surface area (Å²) in [4.78, 5) is 9.02. The molecule has 0 saturated heterocycles. The van der Waals surface area contributed by atoms with Gasteiger partial charge in [0.1, 0.15) is 11.6 Å². The zero-order chi connectivity index (χ0) is 13.7. The second-order valence-corrected chi connectivity index (χ2v) is 5.00. The Kier molecular flexibility index (Phi) is 4.47. The number of benzene rings is 1. The smallest absolute Gasteiger partial charge is 0.144 e. The van der Waals surface area contributed by atoms with E-state index >= 15 is 0 Å². The van der Waals surface area contributed by atoms with E-state index in [-0.39, 0.29) is 0 Å². The first-order valence-electron chi connectivity index (χ1n) is 6.59.